The predicted octanol–water partition coefficient (Wildman–Crippen LogP) is 3.69. The van der Waals surface area contributed by atoms with Crippen LogP contribution in [0.25, 0.3) is 0 Å². The number of rotatable bonds is 4. The molecule has 1 aromatic rings. The van der Waals surface area contributed by atoms with E-state index in [0.717, 1.165) is 5.56 Å². The highest BCUT2D eigenvalue weighted by atomic mass is 16.1. The fourth-order valence-corrected chi connectivity index (χ4v) is 1.34. The maximum absolute atomic E-state index is 10.8. The van der Waals surface area contributed by atoms with Crippen LogP contribution in [0.2, 0.25) is 0 Å². The van der Waals surface area contributed by atoms with Gasteiger partial charge in [0.2, 0.25) is 0 Å². The number of carbonyl (C=O) groups is 1. The van der Waals surface area contributed by atoms with Crippen LogP contribution in [0.4, 0.5) is 0 Å². The van der Waals surface area contributed by atoms with Gasteiger partial charge in [0, 0.05) is 6.42 Å². The van der Waals surface area contributed by atoms with Crippen molar-refractivity contribution >= 4 is 5.78 Å². The lowest BCUT2D eigenvalue weighted by Crippen LogP contribution is -1.99. The zero-order chi connectivity index (χ0) is 12.4. The summed E-state index contributed by atoms with van der Waals surface area (Å²) in [7, 11) is 0. The molecule has 1 rings (SSSR count). The first-order valence-corrected chi connectivity index (χ1v) is 5.68. The molecule has 2 heteroatoms. The number of nitriles is 1. The van der Waals surface area contributed by atoms with Gasteiger partial charge in [-0.05, 0) is 18.9 Å². The highest BCUT2D eigenvalue weighted by molar-refractivity contribution is 5.75. The van der Waals surface area contributed by atoms with Crippen LogP contribution in [0.3, 0.4) is 0 Å². The Labute approximate surface area is 97.9 Å². The van der Waals surface area contributed by atoms with Crippen molar-refractivity contribution < 1.29 is 4.79 Å². The monoisotopic (exact) mass is 217 g/mol. The molecular formula is C14H19NO. The molecule has 1 aromatic carbocycles. The second-order valence-electron chi connectivity index (χ2n) is 3.33. The molecule has 0 saturated carbocycles. The molecule has 0 aromatic heterocycles. The first kappa shape index (κ1) is 14.4. The van der Waals surface area contributed by atoms with Crippen molar-refractivity contribution in [3.8, 4) is 6.07 Å². The van der Waals surface area contributed by atoms with Gasteiger partial charge in [-0.1, -0.05) is 44.2 Å². The molecule has 0 radical (unpaired) electrons. The molecule has 0 saturated heterocycles. The third-order valence-corrected chi connectivity index (χ3v) is 2.14. The van der Waals surface area contributed by atoms with E-state index in [1.807, 2.05) is 44.2 Å². The van der Waals surface area contributed by atoms with E-state index in [-0.39, 0.29) is 11.7 Å². The number of hydrogen-bond acceptors (Lipinski definition) is 2. The maximum atomic E-state index is 10.8. The van der Waals surface area contributed by atoms with Gasteiger partial charge in [-0.2, -0.15) is 5.26 Å². The second kappa shape index (κ2) is 8.67. The van der Waals surface area contributed by atoms with Gasteiger partial charge in [0.05, 0.1) is 12.0 Å². The van der Waals surface area contributed by atoms with Gasteiger partial charge in [-0.3, -0.25) is 0 Å². The van der Waals surface area contributed by atoms with E-state index in [2.05, 4.69) is 6.07 Å². The van der Waals surface area contributed by atoms with Gasteiger partial charge < -0.3 is 4.79 Å². The summed E-state index contributed by atoms with van der Waals surface area (Å²) in [6.45, 7) is 5.55. The maximum Gasteiger partial charge on any atom is 0.129 e. The molecule has 0 heterocycles. The molecule has 0 aliphatic rings. The summed E-state index contributed by atoms with van der Waals surface area (Å²) in [5, 5.41) is 8.93. The Bertz CT molecular complexity index is 338. The summed E-state index contributed by atoms with van der Waals surface area (Å²) < 4.78 is 0. The van der Waals surface area contributed by atoms with Crippen LogP contribution in [0.15, 0.2) is 30.3 Å². The first-order valence-electron chi connectivity index (χ1n) is 5.68. The minimum absolute atomic E-state index is 0.140. The molecule has 0 aliphatic carbocycles. The Morgan fingerprint density at radius 3 is 2.31 bits per heavy atom. The lowest BCUT2D eigenvalue weighted by molar-refractivity contribution is -0.117. The summed E-state index contributed by atoms with van der Waals surface area (Å²) in [4.78, 5) is 10.8. The molecule has 0 bridgehead atoms. The van der Waals surface area contributed by atoms with Crippen LogP contribution in [0.5, 0.6) is 0 Å². The van der Waals surface area contributed by atoms with Gasteiger partial charge in [0.15, 0.2) is 0 Å². The topological polar surface area (TPSA) is 40.9 Å². The van der Waals surface area contributed by atoms with E-state index < -0.39 is 0 Å². The smallest absolute Gasteiger partial charge is 0.129 e. The van der Waals surface area contributed by atoms with Crippen molar-refractivity contribution in [2.24, 2.45) is 0 Å². The van der Waals surface area contributed by atoms with Crippen LogP contribution in [0, 0.1) is 11.3 Å². The van der Waals surface area contributed by atoms with Gasteiger partial charge in [0.1, 0.15) is 5.78 Å². The Hall–Kier alpha value is -1.62. The van der Waals surface area contributed by atoms with Crippen LogP contribution in [0.1, 0.15) is 45.1 Å². The van der Waals surface area contributed by atoms with E-state index >= 15 is 0 Å². The molecule has 86 valence electrons. The third kappa shape index (κ3) is 5.31. The van der Waals surface area contributed by atoms with Gasteiger partial charge >= 0.3 is 0 Å². The number of carbonyl (C=O) groups excluding carboxylic acids is 1. The first-order chi connectivity index (χ1) is 7.74. The van der Waals surface area contributed by atoms with Crippen molar-refractivity contribution in [2.45, 2.75) is 39.5 Å². The van der Waals surface area contributed by atoms with Crippen LogP contribution >= 0.6 is 0 Å². The Balaban J connectivity index is 0.00000106. The SMILES string of the molecule is CC.CC(=O)CCC(C#N)c1ccccc1. The van der Waals surface area contributed by atoms with E-state index in [9.17, 15) is 4.79 Å². The molecule has 1 atom stereocenters. The Morgan fingerprint density at radius 1 is 1.31 bits per heavy atom. The number of Topliss-reactive ketones (excluding diaryl/α,β-unsaturated/α-hetero) is 1. The Kier molecular flexibility index (Phi) is 7.79. The average Bonchev–Trinajstić information content (AvgIpc) is 2.33. The normalized spacial score (nSPS) is 10.6. The van der Waals surface area contributed by atoms with Crippen molar-refractivity contribution in [1.82, 2.24) is 0 Å². The average molecular weight is 217 g/mol. The fraction of sp³-hybridized carbons (Fsp3) is 0.429. The molecule has 0 fully saturated rings. The predicted molar refractivity (Wildman–Crippen MR) is 66.1 cm³/mol. The molecular weight excluding hydrogens is 198 g/mol. The molecule has 0 N–H and O–H groups in total. The number of ketones is 1. The van der Waals surface area contributed by atoms with E-state index in [0.29, 0.717) is 12.8 Å². The second-order valence-corrected chi connectivity index (χ2v) is 3.33. The van der Waals surface area contributed by atoms with Crippen molar-refractivity contribution in [3.05, 3.63) is 35.9 Å². The molecule has 0 aliphatic heterocycles. The minimum Gasteiger partial charge on any atom is -0.300 e. The van der Waals surface area contributed by atoms with Crippen LogP contribution in [-0.4, -0.2) is 5.78 Å². The van der Waals surface area contributed by atoms with Crippen LogP contribution < -0.4 is 0 Å². The highest BCUT2D eigenvalue weighted by Gasteiger charge is 2.10. The number of nitrogens with zero attached hydrogens (tertiary/aromatic N) is 1. The van der Waals surface area contributed by atoms with E-state index in [1.54, 1.807) is 6.92 Å². The summed E-state index contributed by atoms with van der Waals surface area (Å²) in [6, 6.07) is 11.8. The Morgan fingerprint density at radius 2 is 1.88 bits per heavy atom. The van der Waals surface area contributed by atoms with Crippen molar-refractivity contribution in [3.63, 3.8) is 0 Å². The highest BCUT2D eigenvalue weighted by Crippen LogP contribution is 2.19. The van der Waals surface area contributed by atoms with E-state index in [4.69, 9.17) is 5.26 Å². The lowest BCUT2D eigenvalue weighted by atomic mass is 9.95. The zero-order valence-electron chi connectivity index (χ0n) is 10.2. The largest absolute Gasteiger partial charge is 0.300 e. The fourth-order valence-electron chi connectivity index (χ4n) is 1.34. The standard InChI is InChI=1S/C12H13NO.C2H6/c1-10(14)7-8-12(9-13)11-5-3-2-4-6-11;1-2/h2-6,12H,7-8H2,1H3;1-2H3. The molecule has 1 unspecified atom stereocenters. The van der Waals surface area contributed by atoms with E-state index in [1.165, 1.54) is 0 Å². The van der Waals surface area contributed by atoms with Crippen molar-refractivity contribution in [1.29, 1.82) is 5.26 Å². The van der Waals surface area contributed by atoms with Gasteiger partial charge in [-0.25, -0.2) is 0 Å². The van der Waals surface area contributed by atoms with Crippen molar-refractivity contribution in [2.75, 3.05) is 0 Å². The quantitative estimate of drug-likeness (QED) is 0.771. The van der Waals surface area contributed by atoms with Gasteiger partial charge in [0.25, 0.3) is 0 Å². The number of hydrogen-bond donors (Lipinski definition) is 0. The molecule has 0 spiro atoms. The molecule has 0 amide bonds. The number of benzene rings is 1. The third-order valence-electron chi connectivity index (χ3n) is 2.14. The summed E-state index contributed by atoms with van der Waals surface area (Å²) in [5.74, 6) is -0.0127. The lowest BCUT2D eigenvalue weighted by Gasteiger charge is -2.07. The molecule has 2 nitrogen and oxygen atoms in total. The van der Waals surface area contributed by atoms with Crippen LogP contribution in [-0.2, 0) is 4.79 Å². The van der Waals surface area contributed by atoms with Gasteiger partial charge in [-0.15, -0.1) is 0 Å². The summed E-state index contributed by atoms with van der Waals surface area (Å²) in [5.41, 5.74) is 0.997. The minimum atomic E-state index is -0.153. The molecule has 16 heavy (non-hydrogen) atoms. The summed E-state index contributed by atoms with van der Waals surface area (Å²) in [6.07, 6.45) is 1.10. The summed E-state index contributed by atoms with van der Waals surface area (Å²) >= 11 is 0. The zero-order valence-corrected chi connectivity index (χ0v) is 10.2.